The van der Waals surface area contributed by atoms with E-state index >= 15 is 0 Å². The lowest BCUT2D eigenvalue weighted by Gasteiger charge is -2.05. The van der Waals surface area contributed by atoms with Crippen molar-refractivity contribution in [1.29, 1.82) is 0 Å². The minimum absolute atomic E-state index is 0.0319. The molecule has 0 spiro atoms. The van der Waals surface area contributed by atoms with Gasteiger partial charge in [0.25, 0.3) is 0 Å². The quantitative estimate of drug-likeness (QED) is 0.866. The molecule has 0 aliphatic heterocycles. The summed E-state index contributed by atoms with van der Waals surface area (Å²) in [7, 11) is -2.41. The number of halogens is 1. The van der Waals surface area contributed by atoms with Gasteiger partial charge in [-0.05, 0) is 17.2 Å². The fraction of sp³-hybridized carbons (Fsp3) is 0.0769. The van der Waals surface area contributed by atoms with E-state index in [2.05, 4.69) is 0 Å². The zero-order valence-corrected chi connectivity index (χ0v) is 10.6. The second-order valence-corrected chi connectivity index (χ2v) is 5.06. The molecule has 0 fully saturated rings. The van der Waals surface area contributed by atoms with Crippen LogP contribution in [0.5, 0.6) is 0 Å². The highest BCUT2D eigenvalue weighted by Crippen LogP contribution is 2.28. The first kappa shape index (κ1) is 12.1. The lowest BCUT2D eigenvalue weighted by Crippen LogP contribution is -1.88. The fourth-order valence-corrected chi connectivity index (χ4v) is 2.46. The van der Waals surface area contributed by atoms with Crippen LogP contribution in [0.15, 0.2) is 48.5 Å². The maximum absolute atomic E-state index is 10.6. The highest BCUT2D eigenvalue weighted by Gasteiger charge is 2.04. The Kier molecular flexibility index (Phi) is 3.82. The van der Waals surface area contributed by atoms with Crippen LogP contribution in [0.1, 0.15) is 5.56 Å². The molecule has 4 heteroatoms. The SMILES string of the molecule is O=[SH](=O)Cc1ccc(-c2ccccc2)c(Cl)c1. The van der Waals surface area contributed by atoms with Crippen molar-refractivity contribution in [2.75, 3.05) is 0 Å². The van der Waals surface area contributed by atoms with Crippen LogP contribution < -0.4 is 0 Å². The van der Waals surface area contributed by atoms with E-state index in [9.17, 15) is 8.42 Å². The van der Waals surface area contributed by atoms with Gasteiger partial charge < -0.3 is 0 Å². The van der Waals surface area contributed by atoms with Gasteiger partial charge in [0.1, 0.15) is 10.7 Å². The van der Waals surface area contributed by atoms with Crippen LogP contribution in [0.4, 0.5) is 0 Å². The van der Waals surface area contributed by atoms with Gasteiger partial charge in [-0.2, -0.15) is 0 Å². The van der Waals surface area contributed by atoms with Crippen molar-refractivity contribution in [1.82, 2.24) is 0 Å². The third-order valence-electron chi connectivity index (χ3n) is 2.43. The summed E-state index contributed by atoms with van der Waals surface area (Å²) < 4.78 is 21.3. The van der Waals surface area contributed by atoms with Crippen molar-refractivity contribution in [2.45, 2.75) is 5.75 Å². The molecule has 0 aliphatic carbocycles. The molecule has 0 aliphatic rings. The predicted molar refractivity (Wildman–Crippen MR) is 70.9 cm³/mol. The van der Waals surface area contributed by atoms with Crippen molar-refractivity contribution in [2.24, 2.45) is 0 Å². The Morgan fingerprint density at radius 3 is 2.29 bits per heavy atom. The molecule has 2 nitrogen and oxygen atoms in total. The molecule has 0 saturated heterocycles. The molecule has 0 bridgehead atoms. The standard InChI is InChI=1S/C13H11ClO2S/c14-13-8-10(9-17(15)16)6-7-12(13)11-4-2-1-3-5-11/h1-8,17H,9H2. The number of rotatable bonds is 3. The summed E-state index contributed by atoms with van der Waals surface area (Å²) >= 11 is 6.15. The molecule has 0 saturated carbocycles. The second-order valence-electron chi connectivity index (χ2n) is 3.67. The van der Waals surface area contributed by atoms with Gasteiger partial charge in [0, 0.05) is 10.6 Å². The molecule has 0 heterocycles. The summed E-state index contributed by atoms with van der Waals surface area (Å²) in [5, 5.41) is 0.575. The zero-order valence-electron chi connectivity index (χ0n) is 8.97. The molecule has 17 heavy (non-hydrogen) atoms. The molecule has 0 N–H and O–H groups in total. The minimum Gasteiger partial charge on any atom is -0.232 e. The van der Waals surface area contributed by atoms with Gasteiger partial charge in [-0.15, -0.1) is 0 Å². The summed E-state index contributed by atoms with van der Waals surface area (Å²) in [6.45, 7) is 0. The lowest BCUT2D eigenvalue weighted by atomic mass is 10.0. The first-order chi connectivity index (χ1) is 8.16. The lowest BCUT2D eigenvalue weighted by molar-refractivity contribution is 0.614. The average molecular weight is 267 g/mol. The van der Waals surface area contributed by atoms with Gasteiger partial charge in [-0.1, -0.05) is 54.1 Å². The molecule has 0 radical (unpaired) electrons. The van der Waals surface area contributed by atoms with Gasteiger partial charge in [0.05, 0.1) is 5.75 Å². The largest absolute Gasteiger partial charge is 0.232 e. The summed E-state index contributed by atoms with van der Waals surface area (Å²) in [4.78, 5) is 0. The Labute approximate surface area is 107 Å². The van der Waals surface area contributed by atoms with Crippen LogP contribution >= 0.6 is 11.6 Å². The van der Waals surface area contributed by atoms with Crippen LogP contribution in [0.25, 0.3) is 11.1 Å². The molecule has 0 aromatic heterocycles. The Bertz CT molecular complexity index is 584. The zero-order chi connectivity index (χ0) is 12.3. The number of benzene rings is 2. The van der Waals surface area contributed by atoms with Crippen molar-refractivity contribution in [3.8, 4) is 11.1 Å². The Balaban J connectivity index is 2.39. The Morgan fingerprint density at radius 1 is 1.00 bits per heavy atom. The molecular weight excluding hydrogens is 256 g/mol. The van der Waals surface area contributed by atoms with E-state index in [1.807, 2.05) is 36.4 Å². The number of hydrogen-bond donors (Lipinski definition) is 1. The molecule has 2 aromatic rings. The van der Waals surface area contributed by atoms with Crippen LogP contribution in [-0.2, 0) is 16.5 Å². The molecule has 0 unspecified atom stereocenters. The van der Waals surface area contributed by atoms with Gasteiger partial charge in [0.15, 0.2) is 0 Å². The summed E-state index contributed by atoms with van der Waals surface area (Å²) in [6, 6.07) is 15.1. The highest BCUT2D eigenvalue weighted by atomic mass is 35.5. The maximum Gasteiger partial charge on any atom is 0.144 e. The maximum atomic E-state index is 10.6. The van der Waals surface area contributed by atoms with Crippen LogP contribution in [0.3, 0.4) is 0 Å². The van der Waals surface area contributed by atoms with Crippen molar-refractivity contribution in [3.63, 3.8) is 0 Å². The van der Waals surface area contributed by atoms with Crippen LogP contribution in [0.2, 0.25) is 5.02 Å². The summed E-state index contributed by atoms with van der Waals surface area (Å²) in [5.74, 6) is 0.0319. The van der Waals surface area contributed by atoms with Crippen molar-refractivity contribution in [3.05, 3.63) is 59.1 Å². The van der Waals surface area contributed by atoms with Gasteiger partial charge in [-0.25, -0.2) is 8.42 Å². The Morgan fingerprint density at radius 2 is 1.71 bits per heavy atom. The predicted octanol–water partition coefficient (Wildman–Crippen LogP) is 3.12. The van der Waals surface area contributed by atoms with E-state index < -0.39 is 10.7 Å². The smallest absolute Gasteiger partial charge is 0.144 e. The van der Waals surface area contributed by atoms with Gasteiger partial charge in [-0.3, -0.25) is 0 Å². The van der Waals surface area contributed by atoms with Gasteiger partial charge in [0.2, 0.25) is 0 Å². The molecule has 2 rings (SSSR count). The van der Waals surface area contributed by atoms with E-state index in [0.29, 0.717) is 10.6 Å². The monoisotopic (exact) mass is 266 g/mol. The van der Waals surface area contributed by atoms with Crippen molar-refractivity contribution >= 4 is 22.3 Å². The third-order valence-corrected chi connectivity index (χ3v) is 3.37. The molecule has 0 atom stereocenters. The highest BCUT2D eigenvalue weighted by molar-refractivity contribution is 7.71. The van der Waals surface area contributed by atoms with E-state index in [1.165, 1.54) is 0 Å². The molecular formula is C13H11ClO2S. The first-order valence-corrected chi connectivity index (χ1v) is 6.86. The first-order valence-electron chi connectivity index (χ1n) is 5.12. The topological polar surface area (TPSA) is 34.1 Å². The van der Waals surface area contributed by atoms with E-state index in [0.717, 1.165) is 11.1 Å². The summed E-state index contributed by atoms with van der Waals surface area (Å²) in [5.41, 5.74) is 2.65. The van der Waals surface area contributed by atoms with E-state index in [1.54, 1.807) is 12.1 Å². The third kappa shape index (κ3) is 3.08. The van der Waals surface area contributed by atoms with Crippen LogP contribution in [-0.4, -0.2) is 8.42 Å². The number of thiol groups is 1. The van der Waals surface area contributed by atoms with Crippen LogP contribution in [0, 0.1) is 0 Å². The molecule has 88 valence electrons. The minimum atomic E-state index is -2.41. The average Bonchev–Trinajstić information content (AvgIpc) is 2.29. The number of hydrogen-bond acceptors (Lipinski definition) is 2. The Hall–Kier alpha value is -1.32. The molecule has 2 aromatic carbocycles. The van der Waals surface area contributed by atoms with E-state index in [4.69, 9.17) is 11.6 Å². The van der Waals surface area contributed by atoms with Crippen molar-refractivity contribution < 1.29 is 8.42 Å². The normalized spacial score (nSPS) is 10.7. The summed E-state index contributed by atoms with van der Waals surface area (Å²) in [6.07, 6.45) is 0. The fourth-order valence-electron chi connectivity index (χ4n) is 1.66. The van der Waals surface area contributed by atoms with E-state index in [-0.39, 0.29) is 5.75 Å². The molecule has 0 amide bonds. The second kappa shape index (κ2) is 5.34. The van der Waals surface area contributed by atoms with Gasteiger partial charge >= 0.3 is 0 Å².